The highest BCUT2D eigenvalue weighted by Gasteiger charge is 2.35. The third-order valence-electron chi connectivity index (χ3n) is 5.17. The Bertz CT molecular complexity index is 1120. The van der Waals surface area contributed by atoms with Crippen molar-refractivity contribution in [2.75, 3.05) is 16.9 Å². The molecule has 0 unspecified atom stereocenters. The lowest BCUT2D eigenvalue weighted by atomic mass is 10.1. The first-order chi connectivity index (χ1) is 15.5. The number of hydrogen-bond acceptors (Lipinski definition) is 4. The average molecular weight is 470 g/mol. The number of halogens is 2. The van der Waals surface area contributed by atoms with Crippen molar-refractivity contribution in [1.29, 1.82) is 0 Å². The van der Waals surface area contributed by atoms with Crippen LogP contribution in [0.15, 0.2) is 72.8 Å². The van der Waals surface area contributed by atoms with E-state index in [0.717, 1.165) is 11.3 Å². The zero-order chi connectivity index (χ0) is 22.5. The molecule has 164 valence electrons. The van der Waals surface area contributed by atoms with E-state index in [1.165, 1.54) is 0 Å². The first kappa shape index (κ1) is 22.0. The first-order valence-electron chi connectivity index (χ1n) is 10.1. The van der Waals surface area contributed by atoms with Crippen LogP contribution in [0.25, 0.3) is 0 Å². The van der Waals surface area contributed by atoms with Crippen LogP contribution in [0.2, 0.25) is 10.0 Å². The molecule has 2 N–H and O–H groups in total. The maximum atomic E-state index is 12.7. The van der Waals surface area contributed by atoms with Gasteiger partial charge in [-0.15, -0.1) is 0 Å². The van der Waals surface area contributed by atoms with Gasteiger partial charge in [0.15, 0.2) is 0 Å². The van der Waals surface area contributed by atoms with Gasteiger partial charge in [-0.05, 0) is 36.4 Å². The molecule has 0 bridgehead atoms. The number of rotatable bonds is 7. The van der Waals surface area contributed by atoms with Gasteiger partial charge in [0.25, 0.3) is 0 Å². The molecule has 8 heteroatoms. The molecule has 1 fully saturated rings. The van der Waals surface area contributed by atoms with Crippen molar-refractivity contribution in [2.24, 2.45) is 5.92 Å². The molecule has 3 aromatic rings. The van der Waals surface area contributed by atoms with E-state index >= 15 is 0 Å². The van der Waals surface area contributed by atoms with E-state index < -0.39 is 5.92 Å². The Morgan fingerprint density at radius 1 is 1.03 bits per heavy atom. The third kappa shape index (κ3) is 5.15. The molecule has 1 atom stereocenters. The zero-order valence-corrected chi connectivity index (χ0v) is 18.6. The summed E-state index contributed by atoms with van der Waals surface area (Å²) in [5.41, 5.74) is 7.79. The van der Waals surface area contributed by atoms with E-state index in [4.69, 9.17) is 27.9 Å². The number of hydrazine groups is 1. The number of nitrogens with one attached hydrogen (secondary N) is 2. The number of carbonyl (C=O) groups is 2. The lowest BCUT2D eigenvalue weighted by Gasteiger charge is -2.17. The molecule has 0 saturated carbocycles. The Hall–Kier alpha value is -3.22. The lowest BCUT2D eigenvalue weighted by molar-refractivity contribution is -0.125. The van der Waals surface area contributed by atoms with Gasteiger partial charge in [0.05, 0.1) is 11.6 Å². The van der Waals surface area contributed by atoms with Crippen LogP contribution < -0.4 is 20.5 Å². The summed E-state index contributed by atoms with van der Waals surface area (Å²) in [5.74, 6) is -0.226. The predicted molar refractivity (Wildman–Crippen MR) is 126 cm³/mol. The fraction of sp³-hybridized carbons (Fsp3) is 0.167. The van der Waals surface area contributed by atoms with Crippen LogP contribution in [-0.2, 0) is 16.2 Å². The van der Waals surface area contributed by atoms with Crippen molar-refractivity contribution in [1.82, 2.24) is 5.43 Å². The fourth-order valence-electron chi connectivity index (χ4n) is 3.46. The minimum atomic E-state index is -0.448. The second kappa shape index (κ2) is 9.94. The second-order valence-corrected chi connectivity index (χ2v) is 8.22. The van der Waals surface area contributed by atoms with Gasteiger partial charge in [-0.3, -0.25) is 20.4 Å². The van der Waals surface area contributed by atoms with E-state index in [0.29, 0.717) is 28.0 Å². The molecule has 0 aromatic heterocycles. The maximum Gasteiger partial charge on any atom is 0.243 e. The van der Waals surface area contributed by atoms with Crippen LogP contribution in [-0.4, -0.2) is 18.4 Å². The first-order valence-corrected chi connectivity index (χ1v) is 10.8. The van der Waals surface area contributed by atoms with Crippen molar-refractivity contribution in [3.8, 4) is 5.75 Å². The number of benzene rings is 3. The molecule has 3 aromatic carbocycles. The van der Waals surface area contributed by atoms with Gasteiger partial charge in [-0.25, -0.2) is 0 Å². The van der Waals surface area contributed by atoms with Gasteiger partial charge in [-0.1, -0.05) is 59.6 Å². The topological polar surface area (TPSA) is 70.7 Å². The summed E-state index contributed by atoms with van der Waals surface area (Å²) in [6.45, 7) is 0.579. The number of para-hydroxylation sites is 3. The summed E-state index contributed by atoms with van der Waals surface area (Å²) >= 11 is 12.1. The molecular formula is C24H21Cl2N3O3. The van der Waals surface area contributed by atoms with Gasteiger partial charge in [-0.2, -0.15) is 0 Å². The van der Waals surface area contributed by atoms with Crippen molar-refractivity contribution in [3.63, 3.8) is 0 Å². The highest BCUT2D eigenvalue weighted by atomic mass is 35.5. The van der Waals surface area contributed by atoms with Gasteiger partial charge in [0, 0.05) is 34.3 Å². The quantitative estimate of drug-likeness (QED) is 0.474. The Kier molecular flexibility index (Phi) is 6.83. The van der Waals surface area contributed by atoms with E-state index in [-0.39, 0.29) is 24.8 Å². The summed E-state index contributed by atoms with van der Waals surface area (Å²) < 4.78 is 5.89. The standard InChI is InChI=1S/C24H21Cl2N3O3/c25-18-11-10-16(20(26)13-18)15-32-22-9-5-4-8-21(22)27-28-24(31)17-12-23(30)29(14-17)19-6-2-1-3-7-19/h1-11,13,17,27H,12,14-15H2,(H,28,31)/t17-/m1/s1. The normalized spacial score (nSPS) is 15.5. The number of ether oxygens (including phenoxy) is 1. The van der Waals surface area contributed by atoms with Crippen LogP contribution in [0.3, 0.4) is 0 Å². The summed E-state index contributed by atoms with van der Waals surface area (Å²) in [6, 6.07) is 21.8. The Morgan fingerprint density at radius 3 is 2.56 bits per heavy atom. The van der Waals surface area contributed by atoms with Gasteiger partial charge >= 0.3 is 0 Å². The maximum absolute atomic E-state index is 12.7. The highest BCUT2D eigenvalue weighted by molar-refractivity contribution is 6.35. The van der Waals surface area contributed by atoms with E-state index in [1.54, 1.807) is 35.2 Å². The van der Waals surface area contributed by atoms with Crippen molar-refractivity contribution in [2.45, 2.75) is 13.0 Å². The molecule has 1 aliphatic heterocycles. The smallest absolute Gasteiger partial charge is 0.243 e. The van der Waals surface area contributed by atoms with Gasteiger partial charge in [0.2, 0.25) is 11.8 Å². The summed E-state index contributed by atoms with van der Waals surface area (Å²) in [7, 11) is 0. The molecule has 0 aliphatic carbocycles. The Labute approximate surface area is 196 Å². The minimum Gasteiger partial charge on any atom is -0.487 e. The molecule has 1 heterocycles. The average Bonchev–Trinajstić information content (AvgIpc) is 3.20. The van der Waals surface area contributed by atoms with E-state index in [2.05, 4.69) is 10.9 Å². The van der Waals surface area contributed by atoms with E-state index in [9.17, 15) is 9.59 Å². The van der Waals surface area contributed by atoms with Crippen LogP contribution in [0.1, 0.15) is 12.0 Å². The van der Waals surface area contributed by atoms with Gasteiger partial charge in [0.1, 0.15) is 12.4 Å². The monoisotopic (exact) mass is 469 g/mol. The summed E-state index contributed by atoms with van der Waals surface area (Å²) in [5, 5.41) is 1.07. The fourth-order valence-corrected chi connectivity index (χ4v) is 3.92. The largest absolute Gasteiger partial charge is 0.487 e. The van der Waals surface area contributed by atoms with Crippen LogP contribution in [0.5, 0.6) is 5.75 Å². The summed E-state index contributed by atoms with van der Waals surface area (Å²) in [4.78, 5) is 26.7. The molecule has 1 aliphatic rings. The SMILES string of the molecule is O=C(NNc1ccccc1OCc1ccc(Cl)cc1Cl)[C@@H]1CC(=O)N(c2ccccc2)C1. The molecule has 6 nitrogen and oxygen atoms in total. The van der Waals surface area contributed by atoms with Gasteiger partial charge < -0.3 is 9.64 Å². The number of anilines is 2. The summed E-state index contributed by atoms with van der Waals surface area (Å²) in [6.07, 6.45) is 0.162. The van der Waals surface area contributed by atoms with Crippen molar-refractivity contribution < 1.29 is 14.3 Å². The third-order valence-corrected chi connectivity index (χ3v) is 5.76. The molecule has 1 saturated heterocycles. The molecule has 0 spiro atoms. The lowest BCUT2D eigenvalue weighted by Crippen LogP contribution is -2.36. The number of hydrogen-bond donors (Lipinski definition) is 2. The highest BCUT2D eigenvalue weighted by Crippen LogP contribution is 2.28. The van der Waals surface area contributed by atoms with E-state index in [1.807, 2.05) is 42.5 Å². The minimum absolute atomic E-state index is 0.0695. The Morgan fingerprint density at radius 2 is 1.78 bits per heavy atom. The second-order valence-electron chi connectivity index (χ2n) is 7.38. The zero-order valence-electron chi connectivity index (χ0n) is 17.1. The Balaban J connectivity index is 1.36. The molecule has 2 amide bonds. The number of amides is 2. The molecule has 32 heavy (non-hydrogen) atoms. The number of carbonyl (C=O) groups excluding carboxylic acids is 2. The van der Waals surface area contributed by atoms with Crippen molar-refractivity contribution >= 4 is 46.4 Å². The van der Waals surface area contributed by atoms with Crippen LogP contribution >= 0.6 is 23.2 Å². The number of nitrogens with zero attached hydrogens (tertiary/aromatic N) is 1. The van der Waals surface area contributed by atoms with Crippen LogP contribution in [0.4, 0.5) is 11.4 Å². The molecular weight excluding hydrogens is 449 g/mol. The van der Waals surface area contributed by atoms with Crippen LogP contribution in [0, 0.1) is 5.92 Å². The van der Waals surface area contributed by atoms with Crippen molar-refractivity contribution in [3.05, 3.63) is 88.4 Å². The molecule has 4 rings (SSSR count). The predicted octanol–water partition coefficient (Wildman–Crippen LogP) is 5.07. The molecule has 0 radical (unpaired) electrons.